The van der Waals surface area contributed by atoms with E-state index in [4.69, 9.17) is 18.6 Å². The molecule has 0 aliphatic heterocycles. The van der Waals surface area contributed by atoms with Crippen LogP contribution in [0.15, 0.2) is 33.5 Å². The minimum atomic E-state index is -0.350. The van der Waals surface area contributed by atoms with Gasteiger partial charge < -0.3 is 23.7 Å². The Morgan fingerprint density at radius 3 is 2.23 bits per heavy atom. The van der Waals surface area contributed by atoms with Crippen molar-refractivity contribution in [3.05, 3.63) is 34.5 Å². The lowest BCUT2D eigenvalue weighted by Gasteiger charge is -2.10. The molecule has 0 aliphatic carbocycles. The van der Waals surface area contributed by atoms with Gasteiger partial charge in [-0.1, -0.05) is 0 Å². The average molecular weight is 302 g/mol. The molecule has 0 spiro atoms. The number of methoxy groups -OCH3 is 3. The van der Waals surface area contributed by atoms with Crippen molar-refractivity contribution in [2.75, 3.05) is 21.3 Å². The van der Waals surface area contributed by atoms with E-state index in [9.17, 15) is 9.90 Å². The van der Waals surface area contributed by atoms with Crippen molar-refractivity contribution in [3.63, 3.8) is 0 Å². The third-order valence-corrected chi connectivity index (χ3v) is 3.47. The maximum absolute atomic E-state index is 12.6. The lowest BCUT2D eigenvalue weighted by Crippen LogP contribution is -2.04. The van der Waals surface area contributed by atoms with E-state index in [1.54, 1.807) is 12.1 Å². The summed E-state index contributed by atoms with van der Waals surface area (Å²) in [6.45, 7) is 0. The van der Waals surface area contributed by atoms with Gasteiger partial charge in [0.05, 0.1) is 26.7 Å². The van der Waals surface area contributed by atoms with Crippen molar-refractivity contribution in [3.8, 4) is 23.0 Å². The lowest BCUT2D eigenvalue weighted by atomic mass is 10.1. The monoisotopic (exact) mass is 302 g/mol. The van der Waals surface area contributed by atoms with Crippen LogP contribution in [0.1, 0.15) is 0 Å². The van der Waals surface area contributed by atoms with E-state index in [2.05, 4.69) is 0 Å². The highest BCUT2D eigenvalue weighted by Crippen LogP contribution is 2.35. The van der Waals surface area contributed by atoms with E-state index in [0.29, 0.717) is 28.2 Å². The number of benzene rings is 2. The van der Waals surface area contributed by atoms with Crippen molar-refractivity contribution in [2.24, 2.45) is 0 Å². The molecule has 114 valence electrons. The summed E-state index contributed by atoms with van der Waals surface area (Å²) in [7, 11) is 4.44. The van der Waals surface area contributed by atoms with Crippen LogP contribution in [0.4, 0.5) is 0 Å². The molecular formula is C16H14O6. The summed E-state index contributed by atoms with van der Waals surface area (Å²) in [5.74, 6) is 1.06. The van der Waals surface area contributed by atoms with Gasteiger partial charge in [-0.05, 0) is 6.07 Å². The lowest BCUT2D eigenvalue weighted by molar-refractivity contribution is 0.355. The van der Waals surface area contributed by atoms with Gasteiger partial charge in [-0.15, -0.1) is 0 Å². The molecule has 2 aromatic carbocycles. The predicted molar refractivity (Wildman–Crippen MR) is 81.3 cm³/mol. The Kier molecular flexibility index (Phi) is 3.29. The van der Waals surface area contributed by atoms with Gasteiger partial charge in [0.15, 0.2) is 11.5 Å². The van der Waals surface area contributed by atoms with Crippen LogP contribution in [-0.2, 0) is 0 Å². The largest absolute Gasteiger partial charge is 0.507 e. The quantitative estimate of drug-likeness (QED) is 0.749. The zero-order valence-electron chi connectivity index (χ0n) is 12.3. The molecule has 0 unspecified atom stereocenters. The van der Waals surface area contributed by atoms with E-state index < -0.39 is 0 Å². The normalized spacial score (nSPS) is 10.9. The maximum atomic E-state index is 12.6. The standard InChI is InChI=1S/C16H14O6/c1-19-8-4-10(17)15-14(5-8)22-11-7-13(21-3)12(20-2)6-9(11)16(15)18/h4-7,17H,1-3H3. The second-order valence-corrected chi connectivity index (χ2v) is 4.65. The molecule has 0 saturated carbocycles. The third kappa shape index (κ3) is 2.00. The molecule has 0 aliphatic rings. The van der Waals surface area contributed by atoms with Crippen molar-refractivity contribution >= 4 is 21.9 Å². The first-order valence-electron chi connectivity index (χ1n) is 6.48. The summed E-state index contributed by atoms with van der Waals surface area (Å²) in [6.07, 6.45) is 0. The average Bonchev–Trinajstić information content (AvgIpc) is 2.53. The van der Waals surface area contributed by atoms with Crippen LogP contribution in [0.3, 0.4) is 0 Å². The Morgan fingerprint density at radius 2 is 1.59 bits per heavy atom. The number of fused-ring (bicyclic) bond motifs is 2. The Morgan fingerprint density at radius 1 is 0.909 bits per heavy atom. The van der Waals surface area contributed by atoms with Crippen LogP contribution in [0.2, 0.25) is 0 Å². The second kappa shape index (κ2) is 5.14. The Balaban J connectivity index is 2.46. The van der Waals surface area contributed by atoms with Gasteiger partial charge in [-0.25, -0.2) is 0 Å². The fraction of sp³-hybridized carbons (Fsp3) is 0.188. The van der Waals surface area contributed by atoms with Crippen LogP contribution >= 0.6 is 0 Å². The number of rotatable bonds is 3. The molecule has 0 amide bonds. The van der Waals surface area contributed by atoms with E-state index in [0.717, 1.165) is 0 Å². The van der Waals surface area contributed by atoms with Crippen molar-refractivity contribution in [1.82, 2.24) is 0 Å². The molecule has 1 N–H and O–H groups in total. The summed E-state index contributed by atoms with van der Waals surface area (Å²) in [5, 5.41) is 10.4. The molecule has 22 heavy (non-hydrogen) atoms. The van der Waals surface area contributed by atoms with Crippen molar-refractivity contribution < 1.29 is 23.7 Å². The smallest absolute Gasteiger partial charge is 0.204 e. The van der Waals surface area contributed by atoms with E-state index >= 15 is 0 Å². The molecule has 0 bridgehead atoms. The summed E-state index contributed by atoms with van der Waals surface area (Å²) in [6, 6.07) is 6.02. The van der Waals surface area contributed by atoms with Gasteiger partial charge in [-0.3, -0.25) is 4.79 Å². The molecule has 0 saturated heterocycles. The molecule has 1 aromatic heterocycles. The Labute approximate surface area is 125 Å². The van der Waals surface area contributed by atoms with Crippen LogP contribution < -0.4 is 19.6 Å². The molecule has 6 heteroatoms. The first-order valence-corrected chi connectivity index (χ1v) is 6.48. The Hall–Kier alpha value is -2.89. The number of phenolic OH excluding ortho intramolecular Hbond substituents is 1. The number of ether oxygens (including phenoxy) is 3. The second-order valence-electron chi connectivity index (χ2n) is 4.65. The highest BCUT2D eigenvalue weighted by molar-refractivity contribution is 5.94. The van der Waals surface area contributed by atoms with Crippen molar-refractivity contribution in [2.45, 2.75) is 0 Å². The summed E-state index contributed by atoms with van der Waals surface area (Å²) in [4.78, 5) is 12.6. The zero-order chi connectivity index (χ0) is 15.9. The van der Waals surface area contributed by atoms with E-state index in [1.165, 1.54) is 33.5 Å². The molecule has 0 radical (unpaired) electrons. The summed E-state index contributed by atoms with van der Waals surface area (Å²) < 4.78 is 21.2. The minimum Gasteiger partial charge on any atom is -0.507 e. The SMILES string of the molecule is COc1cc(O)c2c(=O)c3cc(OC)c(OC)cc3oc2c1. The Bertz CT molecular complexity index is 925. The fourth-order valence-electron chi connectivity index (χ4n) is 2.38. The predicted octanol–water partition coefficient (Wildman–Crippen LogP) is 2.68. The van der Waals surface area contributed by atoms with Crippen LogP contribution in [0.5, 0.6) is 23.0 Å². The van der Waals surface area contributed by atoms with Gasteiger partial charge in [0.25, 0.3) is 0 Å². The molecule has 3 rings (SSSR count). The van der Waals surface area contributed by atoms with Crippen LogP contribution in [0, 0.1) is 0 Å². The number of hydrogen-bond donors (Lipinski definition) is 1. The molecule has 6 nitrogen and oxygen atoms in total. The molecule has 0 atom stereocenters. The molecule has 3 aromatic rings. The van der Waals surface area contributed by atoms with Gasteiger partial charge >= 0.3 is 0 Å². The summed E-state index contributed by atoms with van der Waals surface area (Å²) in [5.41, 5.74) is 0.224. The first-order chi connectivity index (χ1) is 10.6. The highest BCUT2D eigenvalue weighted by Gasteiger charge is 2.16. The molecular weight excluding hydrogens is 288 g/mol. The molecule has 0 fully saturated rings. The van der Waals surface area contributed by atoms with Gasteiger partial charge in [-0.2, -0.15) is 0 Å². The highest BCUT2D eigenvalue weighted by atomic mass is 16.5. The number of phenols is 1. The summed E-state index contributed by atoms with van der Waals surface area (Å²) >= 11 is 0. The number of hydrogen-bond acceptors (Lipinski definition) is 6. The first kappa shape index (κ1) is 14.1. The van der Waals surface area contributed by atoms with Gasteiger partial charge in [0, 0.05) is 18.2 Å². The van der Waals surface area contributed by atoms with E-state index in [-0.39, 0.29) is 22.1 Å². The van der Waals surface area contributed by atoms with Crippen LogP contribution in [0.25, 0.3) is 21.9 Å². The topological polar surface area (TPSA) is 78.1 Å². The van der Waals surface area contributed by atoms with E-state index in [1.807, 2.05) is 0 Å². The zero-order valence-corrected chi connectivity index (χ0v) is 12.3. The fourth-order valence-corrected chi connectivity index (χ4v) is 2.38. The van der Waals surface area contributed by atoms with Crippen molar-refractivity contribution in [1.29, 1.82) is 0 Å². The van der Waals surface area contributed by atoms with Gasteiger partial charge in [0.2, 0.25) is 5.43 Å². The van der Waals surface area contributed by atoms with Gasteiger partial charge in [0.1, 0.15) is 28.1 Å². The minimum absolute atomic E-state index is 0.0977. The maximum Gasteiger partial charge on any atom is 0.204 e. The molecule has 1 heterocycles. The van der Waals surface area contributed by atoms with Crippen LogP contribution in [-0.4, -0.2) is 26.4 Å². The number of aromatic hydroxyl groups is 1. The third-order valence-electron chi connectivity index (χ3n) is 3.47.